The Bertz CT molecular complexity index is 1010. The summed E-state index contributed by atoms with van der Waals surface area (Å²) in [5.74, 6) is 0.261. The number of hydrogen-bond acceptors (Lipinski definition) is 7. The molecule has 0 heterocycles. The predicted molar refractivity (Wildman–Crippen MR) is 164 cm³/mol. The maximum absolute atomic E-state index is 13.0. The quantitative estimate of drug-likeness (QED) is 0.184. The summed E-state index contributed by atoms with van der Waals surface area (Å²) < 4.78 is 16.3. The number of halogens is 1. The summed E-state index contributed by atoms with van der Waals surface area (Å²) in [6.07, 6.45) is 1.02. The van der Waals surface area contributed by atoms with Crippen molar-refractivity contribution in [3.05, 3.63) is 65.7 Å². The number of carbonyl (C=O) groups is 2. The fraction of sp³-hybridized carbons (Fsp3) is 0.548. The van der Waals surface area contributed by atoms with Gasteiger partial charge >= 0.3 is 0 Å². The highest BCUT2D eigenvalue weighted by Gasteiger charge is 2.25. The number of para-hydroxylation sites is 1. The lowest BCUT2D eigenvalue weighted by atomic mass is 9.87. The van der Waals surface area contributed by atoms with Gasteiger partial charge in [0.1, 0.15) is 11.9 Å². The van der Waals surface area contributed by atoms with Crippen LogP contribution in [-0.2, 0) is 20.7 Å². The number of aliphatic hydroxyl groups excluding tert-OH is 1. The van der Waals surface area contributed by atoms with E-state index >= 15 is 0 Å². The third kappa shape index (κ3) is 13.2. The van der Waals surface area contributed by atoms with Crippen LogP contribution in [0, 0.1) is 11.8 Å². The first-order valence-corrected chi connectivity index (χ1v) is 14.0. The number of carbonyl (C=O) groups excluding carboxylic acids is 2. The van der Waals surface area contributed by atoms with Crippen LogP contribution < -0.4 is 21.1 Å². The van der Waals surface area contributed by atoms with Crippen LogP contribution in [0.1, 0.15) is 49.0 Å². The summed E-state index contributed by atoms with van der Waals surface area (Å²) in [4.78, 5) is 25.6. The minimum absolute atomic E-state index is 0. The van der Waals surface area contributed by atoms with Gasteiger partial charge in [-0.25, -0.2) is 0 Å². The Balaban J connectivity index is 0.00000840. The molecule has 2 aromatic carbocycles. The lowest BCUT2D eigenvalue weighted by Gasteiger charge is -2.28. The van der Waals surface area contributed by atoms with E-state index in [0.29, 0.717) is 43.9 Å². The van der Waals surface area contributed by atoms with Crippen molar-refractivity contribution in [3.63, 3.8) is 0 Å². The number of methoxy groups -OCH3 is 2. The van der Waals surface area contributed by atoms with E-state index in [4.69, 9.17) is 19.9 Å². The predicted octanol–water partition coefficient (Wildman–Crippen LogP) is 3.37. The van der Waals surface area contributed by atoms with Crippen LogP contribution in [0.2, 0.25) is 0 Å². The molecular weight excluding hydrogens is 546 g/mol. The molecule has 2 amide bonds. The molecule has 0 fully saturated rings. The Morgan fingerprint density at radius 3 is 2.24 bits per heavy atom. The second kappa shape index (κ2) is 20.2. The third-order valence-electron chi connectivity index (χ3n) is 7.00. The fourth-order valence-corrected chi connectivity index (χ4v) is 4.31. The molecule has 2 rings (SSSR count). The molecule has 0 aliphatic heterocycles. The minimum atomic E-state index is -0.942. The van der Waals surface area contributed by atoms with Crippen molar-refractivity contribution < 1.29 is 28.9 Å². The Hall–Kier alpha value is -2.69. The second-order valence-electron chi connectivity index (χ2n) is 10.4. The van der Waals surface area contributed by atoms with Crippen LogP contribution in [0.5, 0.6) is 5.75 Å². The van der Waals surface area contributed by atoms with Gasteiger partial charge in [-0.2, -0.15) is 0 Å². The molecule has 0 bridgehead atoms. The first-order valence-electron chi connectivity index (χ1n) is 14.0. The van der Waals surface area contributed by atoms with Gasteiger partial charge in [0.15, 0.2) is 0 Å². The summed E-state index contributed by atoms with van der Waals surface area (Å²) in [6.45, 7) is 5.70. The Kier molecular flexibility index (Phi) is 17.9. The van der Waals surface area contributed by atoms with Gasteiger partial charge in [0, 0.05) is 46.4 Å². The Labute approximate surface area is 250 Å². The molecule has 230 valence electrons. The van der Waals surface area contributed by atoms with Crippen molar-refractivity contribution in [2.24, 2.45) is 17.6 Å². The summed E-state index contributed by atoms with van der Waals surface area (Å²) >= 11 is 0. The van der Waals surface area contributed by atoms with E-state index in [2.05, 4.69) is 24.5 Å². The number of nitrogens with one attached hydrogen (secondary N) is 2. The highest BCUT2D eigenvalue weighted by molar-refractivity contribution is 5.96. The van der Waals surface area contributed by atoms with Crippen LogP contribution in [0.4, 0.5) is 0 Å². The van der Waals surface area contributed by atoms with Crippen molar-refractivity contribution >= 4 is 24.2 Å². The number of unbranched alkanes of at least 4 members (excludes halogenated alkanes) is 1. The van der Waals surface area contributed by atoms with Crippen molar-refractivity contribution in [2.45, 2.75) is 57.8 Å². The van der Waals surface area contributed by atoms with Crippen molar-refractivity contribution in [3.8, 4) is 5.75 Å². The Morgan fingerprint density at radius 1 is 0.927 bits per heavy atom. The topological polar surface area (TPSA) is 132 Å². The van der Waals surface area contributed by atoms with E-state index < -0.39 is 18.2 Å². The summed E-state index contributed by atoms with van der Waals surface area (Å²) in [5.41, 5.74) is 7.80. The van der Waals surface area contributed by atoms with Gasteiger partial charge in [-0.05, 0) is 48.8 Å². The molecule has 0 aliphatic carbocycles. The number of aliphatic hydroxyl groups is 1. The number of ether oxygens (including phenoxy) is 3. The van der Waals surface area contributed by atoms with E-state index in [1.54, 1.807) is 25.3 Å². The fourth-order valence-electron chi connectivity index (χ4n) is 4.31. The monoisotopic (exact) mass is 593 g/mol. The van der Waals surface area contributed by atoms with Gasteiger partial charge in [0.2, 0.25) is 5.91 Å². The number of nitrogens with two attached hydrogens (primary N) is 1. The first kappa shape index (κ1) is 36.3. The van der Waals surface area contributed by atoms with Crippen LogP contribution in [0.25, 0.3) is 0 Å². The highest BCUT2D eigenvalue weighted by atomic mass is 35.5. The lowest BCUT2D eigenvalue weighted by molar-refractivity contribution is -0.131. The molecule has 5 N–H and O–H groups in total. The molecule has 9 nitrogen and oxygen atoms in total. The zero-order chi connectivity index (χ0) is 29.3. The lowest BCUT2D eigenvalue weighted by Crippen LogP contribution is -2.48. The zero-order valence-electron chi connectivity index (χ0n) is 24.7. The molecule has 4 unspecified atom stereocenters. The van der Waals surface area contributed by atoms with E-state index in [1.165, 1.54) is 7.11 Å². The SMILES string of the molecule is COCCCCOc1ccccc1C(=O)NCC(CC(N)C(O)CNC(=O)C(Cc1ccccc1)OC)C(C)C.Cl. The zero-order valence-corrected chi connectivity index (χ0v) is 25.5. The smallest absolute Gasteiger partial charge is 0.255 e. The van der Waals surface area contributed by atoms with E-state index in [1.807, 2.05) is 36.4 Å². The molecule has 0 aliphatic rings. The van der Waals surface area contributed by atoms with E-state index in [-0.39, 0.29) is 42.6 Å². The van der Waals surface area contributed by atoms with E-state index in [0.717, 1.165) is 18.4 Å². The highest BCUT2D eigenvalue weighted by Crippen LogP contribution is 2.20. The Morgan fingerprint density at radius 2 is 1.59 bits per heavy atom. The maximum atomic E-state index is 13.0. The van der Waals surface area contributed by atoms with Gasteiger partial charge in [-0.15, -0.1) is 12.4 Å². The average molecular weight is 594 g/mol. The summed E-state index contributed by atoms with van der Waals surface area (Å²) in [5, 5.41) is 16.4. The standard InChI is InChI=1S/C31H47N3O6.ClH/c1-22(2)24(20-33-30(36)25-14-8-9-15-28(25)40-17-11-10-16-38-3)19-26(32)27(35)21-34-31(37)29(39-4)18-23-12-6-5-7-13-23;/h5-9,12-15,22,24,26-27,29,35H,10-11,16-21,32H2,1-4H3,(H,33,36)(H,34,37);1H. The third-order valence-corrected chi connectivity index (χ3v) is 7.00. The number of hydrogen-bond donors (Lipinski definition) is 4. The van der Waals surface area contributed by atoms with Gasteiger partial charge in [-0.1, -0.05) is 56.3 Å². The minimum Gasteiger partial charge on any atom is -0.493 e. The molecule has 41 heavy (non-hydrogen) atoms. The maximum Gasteiger partial charge on any atom is 0.255 e. The van der Waals surface area contributed by atoms with Crippen molar-refractivity contribution in [2.75, 3.05) is 40.5 Å². The van der Waals surface area contributed by atoms with Crippen LogP contribution in [-0.4, -0.2) is 75.7 Å². The molecule has 4 atom stereocenters. The van der Waals surface area contributed by atoms with Gasteiger partial charge < -0.3 is 35.7 Å². The molecule has 10 heteroatoms. The molecule has 0 saturated heterocycles. The number of amides is 2. The molecule has 0 spiro atoms. The first-order chi connectivity index (χ1) is 19.3. The second-order valence-corrected chi connectivity index (χ2v) is 10.4. The van der Waals surface area contributed by atoms with Gasteiger partial charge in [0.25, 0.3) is 5.91 Å². The summed E-state index contributed by atoms with van der Waals surface area (Å²) in [6, 6.07) is 16.2. The van der Waals surface area contributed by atoms with Crippen LogP contribution in [0.15, 0.2) is 54.6 Å². The van der Waals surface area contributed by atoms with Crippen molar-refractivity contribution in [1.82, 2.24) is 10.6 Å². The molecular formula is C31H48ClN3O6. The molecule has 0 aromatic heterocycles. The van der Waals surface area contributed by atoms with Gasteiger partial charge in [-0.3, -0.25) is 9.59 Å². The molecule has 0 saturated carbocycles. The van der Waals surface area contributed by atoms with Crippen molar-refractivity contribution in [1.29, 1.82) is 0 Å². The normalized spacial score (nSPS) is 13.9. The summed E-state index contributed by atoms with van der Waals surface area (Å²) in [7, 11) is 3.16. The largest absolute Gasteiger partial charge is 0.493 e. The average Bonchev–Trinajstić information content (AvgIpc) is 2.96. The van der Waals surface area contributed by atoms with Crippen LogP contribution >= 0.6 is 12.4 Å². The molecule has 2 aromatic rings. The molecule has 0 radical (unpaired) electrons. The number of benzene rings is 2. The van der Waals surface area contributed by atoms with Gasteiger partial charge in [0.05, 0.1) is 18.3 Å². The number of rotatable bonds is 19. The van der Waals surface area contributed by atoms with E-state index in [9.17, 15) is 14.7 Å². The van der Waals surface area contributed by atoms with Crippen LogP contribution in [0.3, 0.4) is 0 Å².